The van der Waals surface area contributed by atoms with Crippen molar-refractivity contribution >= 4 is 70.1 Å². The number of nitrogens with zero attached hydrogens (tertiary/aromatic N) is 1. The van der Waals surface area contributed by atoms with Gasteiger partial charge in [-0.1, -0.05) is 115 Å². The molecule has 8 rings (SSSR count). The fourth-order valence-electron chi connectivity index (χ4n) is 6.32. The maximum Gasteiger partial charge on any atom is 0.0555 e. The Bertz CT molecular complexity index is 2230. The van der Waals surface area contributed by atoms with Gasteiger partial charge in [-0.2, -0.15) is 0 Å². The minimum Gasteiger partial charge on any atom is -0.309 e. The number of fused-ring (bicyclic) bond motifs is 5. The van der Waals surface area contributed by atoms with E-state index in [-0.39, 0.29) is 0 Å². The summed E-state index contributed by atoms with van der Waals surface area (Å²) in [6.07, 6.45) is 0. The molecule has 8 aromatic rings. The van der Waals surface area contributed by atoms with Crippen LogP contribution in [0, 0.1) is 6.92 Å². The Balaban J connectivity index is 1.54. The van der Waals surface area contributed by atoms with Crippen LogP contribution >= 0.6 is 11.3 Å². The summed E-state index contributed by atoms with van der Waals surface area (Å²) in [7, 11) is 0. The molecule has 0 unspecified atom stereocenters. The third kappa shape index (κ3) is 3.83. The Hall–Kier alpha value is -4.92. The minimum absolute atomic E-state index is 1.18. The quantitative estimate of drug-likeness (QED) is 0.214. The van der Waals surface area contributed by atoms with E-state index in [1.54, 1.807) is 0 Å². The van der Waals surface area contributed by atoms with Gasteiger partial charge in [-0.25, -0.2) is 0 Å². The molecule has 0 bridgehead atoms. The molecule has 1 aromatic heterocycles. The zero-order chi connectivity index (χ0) is 27.3. The molecule has 0 aliphatic carbocycles. The van der Waals surface area contributed by atoms with Crippen LogP contribution in [0.1, 0.15) is 5.56 Å². The van der Waals surface area contributed by atoms with E-state index in [1.165, 1.54) is 75.5 Å². The molecule has 7 aromatic carbocycles. The van der Waals surface area contributed by atoms with E-state index in [4.69, 9.17) is 0 Å². The van der Waals surface area contributed by atoms with Crippen molar-refractivity contribution < 1.29 is 0 Å². The van der Waals surface area contributed by atoms with Crippen LogP contribution in [0.3, 0.4) is 0 Å². The molecule has 2 heteroatoms. The van der Waals surface area contributed by atoms with Crippen molar-refractivity contribution in [3.05, 3.63) is 151 Å². The van der Waals surface area contributed by atoms with Crippen LogP contribution in [0.25, 0.3) is 52.8 Å². The SMILES string of the molecule is Cc1ccccc1N(c1ccc2ccccc2c1-c1cccc2ccccc12)c1cccc2sc3ccccc3c12. The number of aryl methyl sites for hydroxylation is 1. The molecular weight excluding hydrogens is 515 g/mol. The monoisotopic (exact) mass is 541 g/mol. The maximum absolute atomic E-state index is 2.50. The number of para-hydroxylation sites is 1. The normalized spacial score (nSPS) is 11.5. The Morgan fingerprint density at radius 1 is 0.439 bits per heavy atom. The van der Waals surface area contributed by atoms with E-state index >= 15 is 0 Å². The Kier molecular flexibility index (Phi) is 5.61. The summed E-state index contributed by atoms with van der Waals surface area (Å²) >= 11 is 1.87. The highest BCUT2D eigenvalue weighted by Crippen LogP contribution is 2.50. The van der Waals surface area contributed by atoms with Crippen LogP contribution < -0.4 is 4.90 Å². The zero-order valence-corrected chi connectivity index (χ0v) is 23.5. The molecule has 194 valence electrons. The van der Waals surface area contributed by atoms with Gasteiger partial charge in [0, 0.05) is 31.4 Å². The van der Waals surface area contributed by atoms with Crippen molar-refractivity contribution in [2.45, 2.75) is 6.92 Å². The predicted molar refractivity (Wildman–Crippen MR) is 179 cm³/mol. The topological polar surface area (TPSA) is 3.24 Å². The summed E-state index contributed by atoms with van der Waals surface area (Å²) in [6, 6.07) is 53.1. The minimum atomic E-state index is 1.18. The number of benzene rings is 7. The third-order valence-corrected chi connectivity index (χ3v) is 9.32. The lowest BCUT2D eigenvalue weighted by Gasteiger charge is -2.31. The summed E-state index contributed by atoms with van der Waals surface area (Å²) in [5.41, 5.74) is 7.30. The fourth-order valence-corrected chi connectivity index (χ4v) is 7.45. The number of hydrogen-bond donors (Lipinski definition) is 0. The van der Waals surface area contributed by atoms with Crippen LogP contribution in [0.15, 0.2) is 146 Å². The van der Waals surface area contributed by atoms with Gasteiger partial charge in [0.1, 0.15) is 0 Å². The van der Waals surface area contributed by atoms with Gasteiger partial charge in [-0.05, 0) is 69.9 Å². The van der Waals surface area contributed by atoms with Crippen molar-refractivity contribution in [3.8, 4) is 11.1 Å². The molecule has 0 amide bonds. The van der Waals surface area contributed by atoms with E-state index in [0.717, 1.165) is 0 Å². The molecule has 0 aliphatic heterocycles. The molecule has 1 nitrogen and oxygen atoms in total. The molecule has 0 saturated heterocycles. The molecule has 0 fully saturated rings. The van der Waals surface area contributed by atoms with Crippen LogP contribution in [0.2, 0.25) is 0 Å². The average Bonchev–Trinajstić information content (AvgIpc) is 3.41. The average molecular weight is 542 g/mol. The number of thiophene rings is 1. The zero-order valence-electron chi connectivity index (χ0n) is 22.7. The lowest BCUT2D eigenvalue weighted by Crippen LogP contribution is -2.13. The molecule has 0 radical (unpaired) electrons. The maximum atomic E-state index is 2.50. The summed E-state index contributed by atoms with van der Waals surface area (Å²) in [6.45, 7) is 2.22. The van der Waals surface area contributed by atoms with Gasteiger partial charge in [-0.3, -0.25) is 0 Å². The van der Waals surface area contributed by atoms with Crippen molar-refractivity contribution in [2.75, 3.05) is 4.90 Å². The second kappa shape index (κ2) is 9.62. The Labute approximate surface area is 243 Å². The molecule has 0 atom stereocenters. The molecule has 41 heavy (non-hydrogen) atoms. The van der Waals surface area contributed by atoms with Crippen LogP contribution in [0.5, 0.6) is 0 Å². The number of hydrogen-bond acceptors (Lipinski definition) is 2. The first-order valence-corrected chi connectivity index (χ1v) is 14.9. The van der Waals surface area contributed by atoms with Crippen LogP contribution in [-0.2, 0) is 0 Å². The van der Waals surface area contributed by atoms with E-state index < -0.39 is 0 Å². The smallest absolute Gasteiger partial charge is 0.0555 e. The van der Waals surface area contributed by atoms with E-state index in [0.29, 0.717) is 0 Å². The Morgan fingerprint density at radius 3 is 1.90 bits per heavy atom. The fraction of sp³-hybridized carbons (Fsp3) is 0.0256. The van der Waals surface area contributed by atoms with Crippen molar-refractivity contribution in [1.29, 1.82) is 0 Å². The van der Waals surface area contributed by atoms with Crippen molar-refractivity contribution in [3.63, 3.8) is 0 Å². The highest BCUT2D eigenvalue weighted by molar-refractivity contribution is 7.26. The first kappa shape index (κ1) is 23.9. The lowest BCUT2D eigenvalue weighted by molar-refractivity contribution is 1.27. The van der Waals surface area contributed by atoms with Gasteiger partial charge in [0.25, 0.3) is 0 Å². The summed E-state index contributed by atoms with van der Waals surface area (Å²) in [5.74, 6) is 0. The van der Waals surface area contributed by atoms with Gasteiger partial charge >= 0.3 is 0 Å². The Morgan fingerprint density at radius 2 is 1.05 bits per heavy atom. The third-order valence-electron chi connectivity index (χ3n) is 8.18. The molecule has 0 spiro atoms. The van der Waals surface area contributed by atoms with Crippen LogP contribution in [-0.4, -0.2) is 0 Å². The molecule has 0 aliphatic rings. The highest BCUT2D eigenvalue weighted by Gasteiger charge is 2.24. The first-order valence-electron chi connectivity index (χ1n) is 14.0. The molecule has 1 heterocycles. The highest BCUT2D eigenvalue weighted by atomic mass is 32.1. The van der Waals surface area contributed by atoms with Gasteiger partial charge in [0.2, 0.25) is 0 Å². The van der Waals surface area contributed by atoms with Crippen molar-refractivity contribution in [2.24, 2.45) is 0 Å². The second-order valence-electron chi connectivity index (χ2n) is 10.6. The lowest BCUT2D eigenvalue weighted by atomic mass is 9.91. The molecule has 0 saturated carbocycles. The van der Waals surface area contributed by atoms with Gasteiger partial charge in [0.05, 0.1) is 11.4 Å². The summed E-state index contributed by atoms with van der Waals surface area (Å²) in [5, 5.41) is 7.60. The largest absolute Gasteiger partial charge is 0.309 e. The van der Waals surface area contributed by atoms with Gasteiger partial charge < -0.3 is 4.90 Å². The predicted octanol–water partition coefficient (Wildman–Crippen LogP) is 11.8. The summed E-state index contributed by atoms with van der Waals surface area (Å²) in [4.78, 5) is 2.50. The van der Waals surface area contributed by atoms with E-state index in [1.807, 2.05) is 11.3 Å². The van der Waals surface area contributed by atoms with E-state index in [9.17, 15) is 0 Å². The second-order valence-corrected chi connectivity index (χ2v) is 11.7. The molecular formula is C39H27NS. The van der Waals surface area contributed by atoms with Gasteiger partial charge in [-0.15, -0.1) is 11.3 Å². The van der Waals surface area contributed by atoms with Gasteiger partial charge in [0.15, 0.2) is 0 Å². The molecule has 0 N–H and O–H groups in total. The van der Waals surface area contributed by atoms with Crippen molar-refractivity contribution in [1.82, 2.24) is 0 Å². The first-order chi connectivity index (χ1) is 20.3. The number of anilines is 3. The number of rotatable bonds is 4. The summed E-state index contributed by atoms with van der Waals surface area (Å²) < 4.78 is 2.61. The van der Waals surface area contributed by atoms with E-state index in [2.05, 4.69) is 157 Å². The van der Waals surface area contributed by atoms with Crippen LogP contribution in [0.4, 0.5) is 17.1 Å². The standard InChI is InChI=1S/C39H27NS/c1-26-12-2-8-20-33(26)40(34-21-11-23-37-39(34)32-18-7-9-22-36(32)41-37)35-25-24-28-14-4-6-17-30(28)38(35)31-19-10-15-27-13-3-5-16-29(27)31/h2-25H,1H3.